The molecule has 1 aromatic carbocycles. The van der Waals surface area contributed by atoms with E-state index >= 15 is 0 Å². The standard InChI is InChI=1S/C13H13F2NO2/c14-10-3-4-13(12(15)8-10)18-7-5-16-9-11-2-1-6-17-11/h1-4,6,8,16H,5,7,9H2. The van der Waals surface area contributed by atoms with Gasteiger partial charge in [-0.3, -0.25) is 0 Å². The number of hydrogen-bond donors (Lipinski definition) is 1. The predicted molar refractivity (Wildman–Crippen MR) is 62.3 cm³/mol. The average Bonchev–Trinajstić information content (AvgIpc) is 2.84. The van der Waals surface area contributed by atoms with Gasteiger partial charge in [0.1, 0.15) is 18.2 Å². The molecule has 0 atom stereocenters. The van der Waals surface area contributed by atoms with Crippen LogP contribution >= 0.6 is 0 Å². The molecule has 0 bridgehead atoms. The smallest absolute Gasteiger partial charge is 0.167 e. The molecule has 1 heterocycles. The number of benzene rings is 1. The van der Waals surface area contributed by atoms with Gasteiger partial charge >= 0.3 is 0 Å². The van der Waals surface area contributed by atoms with Crippen molar-refractivity contribution in [2.45, 2.75) is 6.54 Å². The Labute approximate surface area is 103 Å². The van der Waals surface area contributed by atoms with Gasteiger partial charge in [-0.1, -0.05) is 0 Å². The third-order valence-corrected chi connectivity index (χ3v) is 2.31. The summed E-state index contributed by atoms with van der Waals surface area (Å²) in [7, 11) is 0. The summed E-state index contributed by atoms with van der Waals surface area (Å²) in [5.74, 6) is -0.434. The molecule has 0 unspecified atom stereocenters. The molecule has 0 aliphatic carbocycles. The van der Waals surface area contributed by atoms with Gasteiger partial charge < -0.3 is 14.5 Å². The van der Waals surface area contributed by atoms with Crippen molar-refractivity contribution in [2.24, 2.45) is 0 Å². The second-order valence-electron chi connectivity index (χ2n) is 3.68. The average molecular weight is 253 g/mol. The molecular weight excluding hydrogens is 240 g/mol. The molecule has 0 saturated heterocycles. The van der Waals surface area contributed by atoms with Crippen molar-refractivity contribution in [3.05, 3.63) is 54.0 Å². The van der Waals surface area contributed by atoms with Crippen LogP contribution in [0.15, 0.2) is 41.0 Å². The third kappa shape index (κ3) is 3.56. The Morgan fingerprint density at radius 1 is 1.22 bits per heavy atom. The van der Waals surface area contributed by atoms with Gasteiger partial charge in [0.05, 0.1) is 12.8 Å². The maximum atomic E-state index is 13.2. The van der Waals surface area contributed by atoms with Crippen molar-refractivity contribution < 1.29 is 17.9 Å². The van der Waals surface area contributed by atoms with Gasteiger partial charge in [-0.15, -0.1) is 0 Å². The van der Waals surface area contributed by atoms with Gasteiger partial charge in [0.25, 0.3) is 0 Å². The number of ether oxygens (including phenoxy) is 1. The Hall–Kier alpha value is -1.88. The van der Waals surface area contributed by atoms with Crippen molar-refractivity contribution in [3.8, 4) is 5.75 Å². The molecule has 2 aromatic rings. The molecule has 0 spiro atoms. The van der Waals surface area contributed by atoms with Crippen LogP contribution in [0.1, 0.15) is 5.76 Å². The van der Waals surface area contributed by atoms with Crippen LogP contribution in [-0.4, -0.2) is 13.2 Å². The number of halogens is 2. The Bertz CT molecular complexity index is 486. The van der Waals surface area contributed by atoms with Gasteiger partial charge in [-0.2, -0.15) is 0 Å². The normalized spacial score (nSPS) is 10.6. The molecule has 0 saturated carbocycles. The highest BCUT2D eigenvalue weighted by molar-refractivity contribution is 5.24. The third-order valence-electron chi connectivity index (χ3n) is 2.31. The first-order valence-electron chi connectivity index (χ1n) is 5.56. The number of hydrogen-bond acceptors (Lipinski definition) is 3. The van der Waals surface area contributed by atoms with Gasteiger partial charge in [0.15, 0.2) is 11.6 Å². The van der Waals surface area contributed by atoms with Crippen LogP contribution in [0.3, 0.4) is 0 Å². The maximum Gasteiger partial charge on any atom is 0.167 e. The minimum Gasteiger partial charge on any atom is -0.489 e. The van der Waals surface area contributed by atoms with Gasteiger partial charge in [0.2, 0.25) is 0 Å². The molecule has 3 nitrogen and oxygen atoms in total. The predicted octanol–water partition coefficient (Wildman–Crippen LogP) is 2.73. The second-order valence-corrected chi connectivity index (χ2v) is 3.68. The Morgan fingerprint density at radius 2 is 2.11 bits per heavy atom. The molecule has 18 heavy (non-hydrogen) atoms. The SMILES string of the molecule is Fc1ccc(OCCNCc2ccco2)c(F)c1. The summed E-state index contributed by atoms with van der Waals surface area (Å²) in [4.78, 5) is 0. The van der Waals surface area contributed by atoms with Crippen LogP contribution in [0.25, 0.3) is 0 Å². The Morgan fingerprint density at radius 3 is 2.83 bits per heavy atom. The summed E-state index contributed by atoms with van der Waals surface area (Å²) in [6.07, 6.45) is 1.60. The lowest BCUT2D eigenvalue weighted by Gasteiger charge is -2.07. The topological polar surface area (TPSA) is 34.4 Å². The van der Waals surface area contributed by atoms with Crippen molar-refractivity contribution in [3.63, 3.8) is 0 Å². The lowest BCUT2D eigenvalue weighted by atomic mass is 10.3. The molecular formula is C13H13F2NO2. The monoisotopic (exact) mass is 253 g/mol. The van der Waals surface area contributed by atoms with Crippen molar-refractivity contribution >= 4 is 0 Å². The van der Waals surface area contributed by atoms with E-state index < -0.39 is 11.6 Å². The number of furan rings is 1. The molecule has 96 valence electrons. The molecule has 0 aliphatic rings. The Kier molecular flexibility index (Phi) is 4.30. The maximum absolute atomic E-state index is 13.2. The minimum absolute atomic E-state index is 0.0520. The van der Waals surface area contributed by atoms with E-state index in [2.05, 4.69) is 5.32 Å². The fraction of sp³-hybridized carbons (Fsp3) is 0.231. The molecule has 5 heteroatoms. The van der Waals surface area contributed by atoms with Crippen molar-refractivity contribution in [1.82, 2.24) is 5.32 Å². The number of nitrogens with one attached hydrogen (secondary N) is 1. The molecule has 0 aliphatic heterocycles. The number of rotatable bonds is 6. The van der Waals surface area contributed by atoms with Gasteiger partial charge in [-0.05, 0) is 24.3 Å². The summed E-state index contributed by atoms with van der Waals surface area (Å²) >= 11 is 0. The largest absolute Gasteiger partial charge is 0.489 e. The minimum atomic E-state index is -0.693. The molecule has 1 aromatic heterocycles. The van der Waals surface area contributed by atoms with E-state index in [4.69, 9.17) is 9.15 Å². The van der Waals surface area contributed by atoms with Gasteiger partial charge in [-0.25, -0.2) is 8.78 Å². The summed E-state index contributed by atoms with van der Waals surface area (Å²) in [6.45, 7) is 1.42. The second kappa shape index (κ2) is 6.16. The van der Waals surface area contributed by atoms with Crippen LogP contribution < -0.4 is 10.1 Å². The summed E-state index contributed by atoms with van der Waals surface area (Å²) in [6, 6.07) is 6.90. The lowest BCUT2D eigenvalue weighted by molar-refractivity contribution is 0.295. The van der Waals surface area contributed by atoms with Crippen molar-refractivity contribution in [1.29, 1.82) is 0 Å². The first-order valence-corrected chi connectivity index (χ1v) is 5.56. The van der Waals surface area contributed by atoms with Crippen LogP contribution in [-0.2, 0) is 6.54 Å². The zero-order valence-corrected chi connectivity index (χ0v) is 9.66. The fourth-order valence-electron chi connectivity index (χ4n) is 1.45. The summed E-state index contributed by atoms with van der Waals surface area (Å²) in [5.41, 5.74) is 0. The van der Waals surface area contributed by atoms with Crippen LogP contribution in [0.2, 0.25) is 0 Å². The molecule has 0 fully saturated rings. The Balaban J connectivity index is 1.69. The quantitative estimate of drug-likeness (QED) is 0.804. The van der Waals surface area contributed by atoms with Gasteiger partial charge in [0, 0.05) is 12.6 Å². The highest BCUT2D eigenvalue weighted by Crippen LogP contribution is 2.17. The molecule has 2 rings (SSSR count). The highest BCUT2D eigenvalue weighted by atomic mass is 19.1. The first-order chi connectivity index (χ1) is 8.75. The van der Waals surface area contributed by atoms with E-state index in [1.54, 1.807) is 12.3 Å². The van der Waals surface area contributed by atoms with E-state index in [0.29, 0.717) is 19.7 Å². The van der Waals surface area contributed by atoms with E-state index in [-0.39, 0.29) is 5.75 Å². The molecule has 0 radical (unpaired) electrons. The van der Waals surface area contributed by atoms with Crippen LogP contribution in [0.5, 0.6) is 5.75 Å². The van der Waals surface area contributed by atoms with Crippen molar-refractivity contribution in [2.75, 3.05) is 13.2 Å². The molecule has 0 amide bonds. The van der Waals surface area contributed by atoms with Crippen LogP contribution in [0, 0.1) is 11.6 Å². The van der Waals surface area contributed by atoms with E-state index in [9.17, 15) is 8.78 Å². The van der Waals surface area contributed by atoms with Crippen LogP contribution in [0.4, 0.5) is 8.78 Å². The highest BCUT2D eigenvalue weighted by Gasteiger charge is 2.04. The van der Waals surface area contributed by atoms with E-state index in [1.165, 1.54) is 6.07 Å². The van der Waals surface area contributed by atoms with E-state index in [1.807, 2.05) is 6.07 Å². The molecule has 1 N–H and O–H groups in total. The zero-order valence-electron chi connectivity index (χ0n) is 9.66. The first kappa shape index (κ1) is 12.6. The summed E-state index contributed by atoms with van der Waals surface area (Å²) in [5, 5.41) is 3.07. The fourth-order valence-corrected chi connectivity index (χ4v) is 1.45. The van der Waals surface area contributed by atoms with E-state index in [0.717, 1.165) is 17.9 Å². The lowest BCUT2D eigenvalue weighted by Crippen LogP contribution is -2.20. The zero-order chi connectivity index (χ0) is 12.8. The summed E-state index contributed by atoms with van der Waals surface area (Å²) < 4.78 is 36.1.